The van der Waals surface area contributed by atoms with Crippen LogP contribution in [0.4, 0.5) is 5.69 Å². The van der Waals surface area contributed by atoms with E-state index in [2.05, 4.69) is 0 Å². The van der Waals surface area contributed by atoms with Crippen molar-refractivity contribution >= 4 is 23.2 Å². The SMILES string of the molecule is C[C@H]1[C@@H](N)C(=O)N1c1cccc(Cl)c1. The Morgan fingerprint density at radius 2 is 2.21 bits per heavy atom. The van der Waals surface area contributed by atoms with E-state index < -0.39 is 0 Å². The van der Waals surface area contributed by atoms with Gasteiger partial charge in [-0.25, -0.2) is 0 Å². The van der Waals surface area contributed by atoms with Crippen LogP contribution >= 0.6 is 11.6 Å². The van der Waals surface area contributed by atoms with Crippen molar-refractivity contribution in [2.45, 2.75) is 19.0 Å². The summed E-state index contributed by atoms with van der Waals surface area (Å²) in [4.78, 5) is 13.1. The average Bonchev–Trinajstić information content (AvgIpc) is 2.18. The van der Waals surface area contributed by atoms with Crippen LogP contribution in [0.5, 0.6) is 0 Å². The molecule has 0 radical (unpaired) electrons. The first kappa shape index (κ1) is 9.49. The van der Waals surface area contributed by atoms with Gasteiger partial charge in [-0.1, -0.05) is 17.7 Å². The van der Waals surface area contributed by atoms with Crippen LogP contribution < -0.4 is 10.6 Å². The third-order valence-electron chi connectivity index (χ3n) is 2.54. The number of benzene rings is 1. The second-order valence-electron chi connectivity index (χ2n) is 3.45. The van der Waals surface area contributed by atoms with E-state index in [0.29, 0.717) is 5.02 Å². The summed E-state index contributed by atoms with van der Waals surface area (Å²) in [5.74, 6) is -0.0419. The summed E-state index contributed by atoms with van der Waals surface area (Å²) in [5, 5.41) is 0.628. The smallest absolute Gasteiger partial charge is 0.246 e. The van der Waals surface area contributed by atoms with E-state index in [1.54, 1.807) is 17.0 Å². The Balaban J connectivity index is 2.29. The number of hydrogen-bond donors (Lipinski definition) is 1. The molecular formula is C10H11ClN2O. The van der Waals surface area contributed by atoms with Crippen LogP contribution in [0.3, 0.4) is 0 Å². The molecule has 0 unspecified atom stereocenters. The Labute approximate surface area is 87.4 Å². The molecule has 3 nitrogen and oxygen atoms in total. The predicted molar refractivity (Wildman–Crippen MR) is 56.4 cm³/mol. The molecular weight excluding hydrogens is 200 g/mol. The number of anilines is 1. The van der Waals surface area contributed by atoms with Gasteiger partial charge in [-0.15, -0.1) is 0 Å². The molecule has 2 atom stereocenters. The molecule has 1 aliphatic heterocycles. The highest BCUT2D eigenvalue weighted by Crippen LogP contribution is 2.28. The summed E-state index contributed by atoms with van der Waals surface area (Å²) in [7, 11) is 0. The first-order valence-electron chi connectivity index (χ1n) is 4.45. The van der Waals surface area contributed by atoms with Crippen LogP contribution in [-0.4, -0.2) is 18.0 Å². The Morgan fingerprint density at radius 1 is 1.50 bits per heavy atom. The number of nitrogens with zero attached hydrogens (tertiary/aromatic N) is 1. The lowest BCUT2D eigenvalue weighted by Gasteiger charge is -2.43. The standard InChI is InChI=1S/C10H11ClN2O/c1-6-9(12)10(14)13(6)8-4-2-3-7(11)5-8/h2-6,9H,12H2,1H3/t6-,9+/m0/s1. The highest BCUT2D eigenvalue weighted by atomic mass is 35.5. The topological polar surface area (TPSA) is 46.3 Å². The van der Waals surface area contributed by atoms with Gasteiger partial charge in [0, 0.05) is 10.7 Å². The Morgan fingerprint density at radius 3 is 2.79 bits per heavy atom. The molecule has 1 aliphatic rings. The van der Waals surface area contributed by atoms with Gasteiger partial charge >= 0.3 is 0 Å². The summed E-state index contributed by atoms with van der Waals surface area (Å²) < 4.78 is 0. The molecule has 1 saturated heterocycles. The van der Waals surface area contributed by atoms with Gasteiger partial charge in [0.25, 0.3) is 0 Å². The van der Waals surface area contributed by atoms with Gasteiger partial charge in [0.1, 0.15) is 6.04 Å². The van der Waals surface area contributed by atoms with Gasteiger partial charge in [0.15, 0.2) is 0 Å². The van der Waals surface area contributed by atoms with Crippen molar-refractivity contribution in [3.05, 3.63) is 29.3 Å². The molecule has 1 aromatic rings. The molecule has 1 amide bonds. The number of rotatable bonds is 1. The molecule has 0 saturated carbocycles. The molecule has 1 fully saturated rings. The highest BCUT2D eigenvalue weighted by Gasteiger charge is 2.42. The molecule has 2 N–H and O–H groups in total. The number of β-lactam (4-membered cyclic amide) rings is 1. The van der Waals surface area contributed by atoms with Gasteiger partial charge in [0.2, 0.25) is 5.91 Å². The van der Waals surface area contributed by atoms with Crippen LogP contribution in [-0.2, 0) is 4.79 Å². The molecule has 14 heavy (non-hydrogen) atoms. The molecule has 74 valence electrons. The summed E-state index contributed by atoms with van der Waals surface area (Å²) in [6.07, 6.45) is 0. The van der Waals surface area contributed by atoms with Crippen molar-refractivity contribution in [3.8, 4) is 0 Å². The molecule has 0 aromatic heterocycles. The van der Waals surface area contributed by atoms with Crippen molar-refractivity contribution in [2.24, 2.45) is 5.73 Å². The first-order chi connectivity index (χ1) is 6.61. The van der Waals surface area contributed by atoms with Crippen LogP contribution in [0.15, 0.2) is 24.3 Å². The third kappa shape index (κ3) is 1.29. The summed E-state index contributed by atoms with van der Waals surface area (Å²) in [5.41, 5.74) is 6.42. The zero-order valence-electron chi connectivity index (χ0n) is 7.77. The largest absolute Gasteiger partial charge is 0.318 e. The summed E-state index contributed by atoms with van der Waals surface area (Å²) >= 11 is 5.83. The van der Waals surface area contributed by atoms with Gasteiger partial charge in [-0.3, -0.25) is 4.79 Å². The van der Waals surface area contributed by atoms with Crippen LogP contribution in [0.1, 0.15) is 6.92 Å². The highest BCUT2D eigenvalue weighted by molar-refractivity contribution is 6.31. The average molecular weight is 211 g/mol. The van der Waals surface area contributed by atoms with E-state index in [9.17, 15) is 4.79 Å². The molecule has 1 heterocycles. The minimum Gasteiger partial charge on any atom is -0.318 e. The fourth-order valence-corrected chi connectivity index (χ4v) is 1.82. The van der Waals surface area contributed by atoms with E-state index in [-0.39, 0.29) is 18.0 Å². The second-order valence-corrected chi connectivity index (χ2v) is 3.89. The fraction of sp³-hybridized carbons (Fsp3) is 0.300. The molecule has 0 spiro atoms. The fourth-order valence-electron chi connectivity index (χ4n) is 1.63. The number of halogens is 1. The molecule has 4 heteroatoms. The number of carbonyl (C=O) groups excluding carboxylic acids is 1. The van der Waals surface area contributed by atoms with Crippen molar-refractivity contribution < 1.29 is 4.79 Å². The van der Waals surface area contributed by atoms with Crippen molar-refractivity contribution in [1.29, 1.82) is 0 Å². The van der Waals surface area contributed by atoms with Crippen molar-refractivity contribution in [1.82, 2.24) is 0 Å². The van der Waals surface area contributed by atoms with Gasteiger partial charge < -0.3 is 10.6 Å². The summed E-state index contributed by atoms with van der Waals surface area (Å²) in [6, 6.07) is 6.91. The molecule has 2 rings (SSSR count). The third-order valence-corrected chi connectivity index (χ3v) is 2.77. The number of hydrogen-bond acceptors (Lipinski definition) is 2. The first-order valence-corrected chi connectivity index (χ1v) is 4.83. The Kier molecular flexibility index (Phi) is 2.21. The van der Waals surface area contributed by atoms with Crippen molar-refractivity contribution in [2.75, 3.05) is 4.90 Å². The van der Waals surface area contributed by atoms with Crippen molar-refractivity contribution in [3.63, 3.8) is 0 Å². The van der Waals surface area contributed by atoms with E-state index in [0.717, 1.165) is 5.69 Å². The van der Waals surface area contributed by atoms with Crippen LogP contribution in [0, 0.1) is 0 Å². The van der Waals surface area contributed by atoms with Gasteiger partial charge in [-0.2, -0.15) is 0 Å². The number of nitrogens with two attached hydrogens (primary N) is 1. The maximum absolute atomic E-state index is 11.4. The van der Waals surface area contributed by atoms with Gasteiger partial charge in [0.05, 0.1) is 6.04 Å². The summed E-state index contributed by atoms with van der Waals surface area (Å²) in [6.45, 7) is 1.92. The maximum atomic E-state index is 11.4. The molecule has 1 aromatic carbocycles. The normalized spacial score (nSPS) is 26.2. The Bertz CT molecular complexity index is 380. The molecule has 0 bridgehead atoms. The van der Waals surface area contributed by atoms with E-state index in [4.69, 9.17) is 17.3 Å². The quantitative estimate of drug-likeness (QED) is 0.713. The van der Waals surface area contributed by atoms with E-state index in [1.807, 2.05) is 19.1 Å². The predicted octanol–water partition coefficient (Wildman–Crippen LogP) is 1.40. The Hall–Kier alpha value is -1.06. The van der Waals surface area contributed by atoms with Crippen LogP contribution in [0.2, 0.25) is 5.02 Å². The van der Waals surface area contributed by atoms with Gasteiger partial charge in [-0.05, 0) is 25.1 Å². The minimum absolute atomic E-state index is 0.0419. The lowest BCUT2D eigenvalue weighted by atomic mass is 9.97. The number of carbonyl (C=O) groups is 1. The van der Waals surface area contributed by atoms with E-state index >= 15 is 0 Å². The number of amides is 1. The zero-order chi connectivity index (χ0) is 10.3. The lowest BCUT2D eigenvalue weighted by Crippen LogP contribution is -2.67. The minimum atomic E-state index is -0.367. The van der Waals surface area contributed by atoms with Crippen LogP contribution in [0.25, 0.3) is 0 Å². The monoisotopic (exact) mass is 210 g/mol. The van der Waals surface area contributed by atoms with E-state index in [1.165, 1.54) is 0 Å². The zero-order valence-corrected chi connectivity index (χ0v) is 8.53. The lowest BCUT2D eigenvalue weighted by molar-refractivity contribution is -0.125. The second kappa shape index (κ2) is 3.26. The molecule has 0 aliphatic carbocycles. The maximum Gasteiger partial charge on any atom is 0.246 e.